The fourth-order valence-corrected chi connectivity index (χ4v) is 4.75. The number of carbonyl (C=O) groups excluding carboxylic acids is 1. The second-order valence-corrected chi connectivity index (χ2v) is 9.24. The average molecular weight is 422 g/mol. The molecule has 28 heavy (non-hydrogen) atoms. The van der Waals surface area contributed by atoms with Crippen LogP contribution < -0.4 is 14.5 Å². The minimum Gasteiger partial charge on any atom is -0.372 e. The Balaban J connectivity index is 1.76. The maximum Gasteiger partial charge on any atom is 0.247 e. The second-order valence-electron chi connectivity index (χ2n) is 6.94. The molecule has 0 unspecified atom stereocenters. The third-order valence-corrected chi connectivity index (χ3v) is 6.23. The first-order valence-corrected chi connectivity index (χ1v) is 11.4. The number of anilines is 3. The molecule has 0 aliphatic carbocycles. The van der Waals surface area contributed by atoms with Gasteiger partial charge in [-0.05, 0) is 62.2 Å². The van der Waals surface area contributed by atoms with Gasteiger partial charge in [-0.15, -0.1) is 0 Å². The van der Waals surface area contributed by atoms with Crippen LogP contribution in [0.15, 0.2) is 48.5 Å². The Morgan fingerprint density at radius 1 is 1.14 bits per heavy atom. The molecular weight excluding hydrogens is 398 g/mol. The maximum absolute atomic E-state index is 12.7. The molecule has 1 N–H and O–H groups in total. The number of rotatable bonds is 6. The summed E-state index contributed by atoms with van der Waals surface area (Å²) < 4.78 is 25.7. The van der Waals surface area contributed by atoms with Gasteiger partial charge in [-0.2, -0.15) is 0 Å². The van der Waals surface area contributed by atoms with Crippen molar-refractivity contribution in [1.82, 2.24) is 0 Å². The lowest BCUT2D eigenvalue weighted by Gasteiger charge is -2.28. The van der Waals surface area contributed by atoms with Gasteiger partial charge in [-0.25, -0.2) is 8.42 Å². The first-order valence-electron chi connectivity index (χ1n) is 9.16. The van der Waals surface area contributed by atoms with Gasteiger partial charge in [0, 0.05) is 29.5 Å². The van der Waals surface area contributed by atoms with Crippen LogP contribution >= 0.6 is 11.6 Å². The van der Waals surface area contributed by atoms with E-state index in [1.165, 1.54) is 18.9 Å². The molecule has 8 heteroatoms. The zero-order valence-corrected chi connectivity index (χ0v) is 17.5. The molecule has 2 aromatic rings. The molecule has 1 heterocycles. The Kier molecular flexibility index (Phi) is 6.15. The smallest absolute Gasteiger partial charge is 0.247 e. The van der Waals surface area contributed by atoms with Gasteiger partial charge in [0.05, 0.1) is 11.9 Å². The summed E-state index contributed by atoms with van der Waals surface area (Å²) in [6, 6.07) is 13.1. The van der Waals surface area contributed by atoms with Crippen molar-refractivity contribution in [1.29, 1.82) is 0 Å². The summed E-state index contributed by atoms with van der Waals surface area (Å²) in [7, 11) is -3.68. The van der Waals surface area contributed by atoms with Crippen LogP contribution in [0.5, 0.6) is 0 Å². The largest absolute Gasteiger partial charge is 0.372 e. The van der Waals surface area contributed by atoms with Crippen molar-refractivity contribution in [2.45, 2.75) is 25.8 Å². The molecular formula is C20H24ClN3O3S. The third kappa shape index (κ3) is 4.77. The van der Waals surface area contributed by atoms with Crippen LogP contribution in [0.25, 0.3) is 0 Å². The van der Waals surface area contributed by atoms with Gasteiger partial charge in [-0.1, -0.05) is 17.7 Å². The number of sulfonamides is 1. The minimum absolute atomic E-state index is 0.349. The quantitative estimate of drug-likeness (QED) is 0.771. The van der Waals surface area contributed by atoms with Crippen LogP contribution in [0.2, 0.25) is 5.02 Å². The third-order valence-electron chi connectivity index (χ3n) is 4.76. The molecule has 0 bridgehead atoms. The standard InChI is InChI=1S/C20H24ClN3O3S/c1-15(24(28(2,26)27)19-7-5-6-16(21)14-19)20(25)22-17-8-10-18(11-9-17)23-12-3-4-13-23/h5-11,14-15H,3-4,12-13H2,1-2H3,(H,22,25)/t15-/m0/s1. The van der Waals surface area contributed by atoms with E-state index in [9.17, 15) is 13.2 Å². The lowest BCUT2D eigenvalue weighted by atomic mass is 10.2. The number of benzene rings is 2. The van der Waals surface area contributed by atoms with Crippen molar-refractivity contribution in [2.75, 3.05) is 33.9 Å². The van der Waals surface area contributed by atoms with Gasteiger partial charge in [0.25, 0.3) is 0 Å². The highest BCUT2D eigenvalue weighted by Crippen LogP contribution is 2.25. The lowest BCUT2D eigenvalue weighted by molar-refractivity contribution is -0.116. The summed E-state index contributed by atoms with van der Waals surface area (Å²) in [6.07, 6.45) is 3.46. The van der Waals surface area contributed by atoms with Gasteiger partial charge in [0.15, 0.2) is 0 Å². The van der Waals surface area contributed by atoms with E-state index in [2.05, 4.69) is 10.2 Å². The van der Waals surface area contributed by atoms with Crippen LogP contribution in [0, 0.1) is 0 Å². The van der Waals surface area contributed by atoms with E-state index >= 15 is 0 Å². The van der Waals surface area contributed by atoms with E-state index in [4.69, 9.17) is 11.6 Å². The average Bonchev–Trinajstić information content (AvgIpc) is 3.16. The van der Waals surface area contributed by atoms with Crippen molar-refractivity contribution < 1.29 is 13.2 Å². The predicted molar refractivity (Wildman–Crippen MR) is 115 cm³/mol. The van der Waals surface area contributed by atoms with Gasteiger partial charge in [-0.3, -0.25) is 9.10 Å². The number of hydrogen-bond donors (Lipinski definition) is 1. The molecule has 150 valence electrons. The summed E-state index contributed by atoms with van der Waals surface area (Å²) in [5, 5.41) is 3.20. The topological polar surface area (TPSA) is 69.7 Å². The van der Waals surface area contributed by atoms with Gasteiger partial charge in [0.2, 0.25) is 15.9 Å². The summed E-state index contributed by atoms with van der Waals surface area (Å²) in [5.74, 6) is -0.417. The van der Waals surface area contributed by atoms with Gasteiger partial charge < -0.3 is 10.2 Å². The van der Waals surface area contributed by atoms with Crippen LogP contribution in [-0.4, -0.2) is 39.7 Å². The van der Waals surface area contributed by atoms with Crippen LogP contribution in [0.1, 0.15) is 19.8 Å². The maximum atomic E-state index is 12.7. The van der Waals surface area contributed by atoms with Crippen molar-refractivity contribution in [3.8, 4) is 0 Å². The van der Waals surface area contributed by atoms with Gasteiger partial charge in [0.1, 0.15) is 6.04 Å². The fourth-order valence-electron chi connectivity index (χ4n) is 3.40. The summed E-state index contributed by atoms with van der Waals surface area (Å²) in [5.41, 5.74) is 2.10. The fraction of sp³-hybridized carbons (Fsp3) is 0.350. The molecule has 0 aromatic heterocycles. The minimum atomic E-state index is -3.68. The normalized spacial score (nSPS) is 15.3. The molecule has 3 rings (SSSR count). The molecule has 6 nitrogen and oxygen atoms in total. The molecule has 1 aliphatic heterocycles. The Labute approximate surface area is 171 Å². The van der Waals surface area contributed by atoms with E-state index in [0.717, 1.165) is 29.3 Å². The number of amides is 1. The molecule has 1 aliphatic rings. The molecule has 1 fully saturated rings. The zero-order valence-electron chi connectivity index (χ0n) is 15.9. The molecule has 0 spiro atoms. The number of hydrogen-bond acceptors (Lipinski definition) is 4. The first kappa shape index (κ1) is 20.5. The number of nitrogens with one attached hydrogen (secondary N) is 1. The highest BCUT2D eigenvalue weighted by Gasteiger charge is 2.29. The second kappa shape index (κ2) is 8.41. The lowest BCUT2D eigenvalue weighted by Crippen LogP contribution is -2.45. The van der Waals surface area contributed by atoms with Crippen LogP contribution in [0.4, 0.5) is 17.1 Å². The number of carbonyl (C=O) groups is 1. The van der Waals surface area contributed by atoms with E-state index in [1.54, 1.807) is 25.1 Å². The van der Waals surface area contributed by atoms with Crippen molar-refractivity contribution in [2.24, 2.45) is 0 Å². The molecule has 0 saturated carbocycles. The highest BCUT2D eigenvalue weighted by atomic mass is 35.5. The van der Waals surface area contributed by atoms with Crippen molar-refractivity contribution in [3.05, 3.63) is 53.6 Å². The van der Waals surface area contributed by atoms with E-state index in [-0.39, 0.29) is 0 Å². The predicted octanol–water partition coefficient (Wildman–Crippen LogP) is 3.73. The van der Waals surface area contributed by atoms with Gasteiger partial charge >= 0.3 is 0 Å². The van der Waals surface area contributed by atoms with Crippen LogP contribution in [0.3, 0.4) is 0 Å². The van der Waals surface area contributed by atoms with Crippen molar-refractivity contribution in [3.63, 3.8) is 0 Å². The molecule has 0 radical (unpaired) electrons. The summed E-state index contributed by atoms with van der Waals surface area (Å²) >= 11 is 6.00. The first-order chi connectivity index (χ1) is 13.3. The molecule has 1 atom stereocenters. The Hall–Kier alpha value is -2.25. The summed E-state index contributed by atoms with van der Waals surface area (Å²) in [6.45, 7) is 3.65. The molecule has 1 amide bonds. The monoisotopic (exact) mass is 421 g/mol. The summed E-state index contributed by atoms with van der Waals surface area (Å²) in [4.78, 5) is 15.0. The molecule has 2 aromatic carbocycles. The van der Waals surface area contributed by atoms with Crippen LogP contribution in [-0.2, 0) is 14.8 Å². The molecule has 1 saturated heterocycles. The zero-order chi connectivity index (χ0) is 20.3. The Morgan fingerprint density at radius 3 is 2.36 bits per heavy atom. The Morgan fingerprint density at radius 2 is 1.79 bits per heavy atom. The van der Waals surface area contributed by atoms with Crippen molar-refractivity contribution >= 4 is 44.6 Å². The van der Waals surface area contributed by atoms with E-state index in [0.29, 0.717) is 16.4 Å². The Bertz CT molecular complexity index is 941. The highest BCUT2D eigenvalue weighted by molar-refractivity contribution is 7.92. The van der Waals surface area contributed by atoms with E-state index < -0.39 is 22.0 Å². The SMILES string of the molecule is C[C@@H](C(=O)Nc1ccc(N2CCCC2)cc1)N(c1cccc(Cl)c1)S(C)(=O)=O. The number of halogens is 1. The number of nitrogens with zero attached hydrogens (tertiary/aromatic N) is 2. The van der Waals surface area contributed by atoms with E-state index in [1.807, 2.05) is 24.3 Å².